The van der Waals surface area contributed by atoms with Crippen LogP contribution in [-0.2, 0) is 4.79 Å². The van der Waals surface area contributed by atoms with Gasteiger partial charge in [0.15, 0.2) is 0 Å². The summed E-state index contributed by atoms with van der Waals surface area (Å²) in [6, 6.07) is -0.553. The van der Waals surface area contributed by atoms with Crippen molar-refractivity contribution in [3.8, 4) is 0 Å². The summed E-state index contributed by atoms with van der Waals surface area (Å²) in [6.45, 7) is 3.87. The lowest BCUT2D eigenvalue weighted by Gasteiger charge is -2.15. The van der Waals surface area contributed by atoms with Gasteiger partial charge in [0, 0.05) is 12.4 Å². The van der Waals surface area contributed by atoms with Crippen LogP contribution in [0.2, 0.25) is 0 Å². The van der Waals surface area contributed by atoms with Crippen LogP contribution in [0.15, 0.2) is 12.4 Å². The van der Waals surface area contributed by atoms with E-state index in [9.17, 15) is 4.79 Å². The Hall–Kier alpha value is -1.36. The number of amides is 1. The summed E-state index contributed by atoms with van der Waals surface area (Å²) in [5.41, 5.74) is 5.69. The standard InChI is InChI=1S/C10H18N4O/c1-3-4-8(11)10(15)14-7(2)9-12-5-6-13-9/h5-8H,3-4,11H2,1-2H3,(H,12,13)(H,14,15). The minimum Gasteiger partial charge on any atom is -0.347 e. The van der Waals surface area contributed by atoms with Crippen molar-refractivity contribution in [1.82, 2.24) is 15.3 Å². The fraction of sp³-hybridized carbons (Fsp3) is 0.600. The maximum Gasteiger partial charge on any atom is 0.237 e. The van der Waals surface area contributed by atoms with Gasteiger partial charge in [-0.2, -0.15) is 0 Å². The number of hydrogen-bond donors (Lipinski definition) is 3. The monoisotopic (exact) mass is 210 g/mol. The number of rotatable bonds is 5. The third-order valence-corrected chi connectivity index (χ3v) is 2.22. The van der Waals surface area contributed by atoms with E-state index in [1.165, 1.54) is 0 Å². The van der Waals surface area contributed by atoms with Gasteiger partial charge in [-0.15, -0.1) is 0 Å². The van der Waals surface area contributed by atoms with Crippen molar-refractivity contribution >= 4 is 5.91 Å². The van der Waals surface area contributed by atoms with Gasteiger partial charge in [-0.25, -0.2) is 4.98 Å². The zero-order chi connectivity index (χ0) is 11.3. The number of nitrogens with one attached hydrogen (secondary N) is 2. The molecule has 5 nitrogen and oxygen atoms in total. The first-order valence-corrected chi connectivity index (χ1v) is 5.20. The highest BCUT2D eigenvalue weighted by Crippen LogP contribution is 2.05. The van der Waals surface area contributed by atoms with Gasteiger partial charge in [0.25, 0.3) is 0 Å². The highest BCUT2D eigenvalue weighted by Gasteiger charge is 2.16. The average Bonchev–Trinajstić information content (AvgIpc) is 2.70. The molecule has 0 spiro atoms. The first-order chi connectivity index (χ1) is 7.15. The van der Waals surface area contributed by atoms with E-state index in [1.54, 1.807) is 12.4 Å². The largest absolute Gasteiger partial charge is 0.347 e. The Labute approximate surface area is 89.5 Å². The van der Waals surface area contributed by atoms with E-state index in [0.717, 1.165) is 12.2 Å². The van der Waals surface area contributed by atoms with Gasteiger partial charge in [-0.05, 0) is 13.3 Å². The van der Waals surface area contributed by atoms with Gasteiger partial charge in [0.05, 0.1) is 12.1 Å². The molecule has 0 fully saturated rings. The molecule has 2 unspecified atom stereocenters. The van der Waals surface area contributed by atoms with Crippen LogP contribution in [0, 0.1) is 0 Å². The molecule has 0 bridgehead atoms. The minimum absolute atomic E-state index is 0.124. The van der Waals surface area contributed by atoms with Gasteiger partial charge < -0.3 is 16.0 Å². The second-order valence-electron chi connectivity index (χ2n) is 3.60. The maximum atomic E-state index is 11.6. The molecule has 0 saturated carbocycles. The van der Waals surface area contributed by atoms with Crippen LogP contribution in [-0.4, -0.2) is 21.9 Å². The van der Waals surface area contributed by atoms with Gasteiger partial charge in [-0.1, -0.05) is 13.3 Å². The Kier molecular flexibility index (Phi) is 4.30. The van der Waals surface area contributed by atoms with Crippen molar-refractivity contribution in [2.45, 2.75) is 38.8 Å². The molecule has 15 heavy (non-hydrogen) atoms. The number of carbonyl (C=O) groups is 1. The summed E-state index contributed by atoms with van der Waals surface area (Å²) in [5.74, 6) is 0.618. The summed E-state index contributed by atoms with van der Waals surface area (Å²) < 4.78 is 0. The molecule has 4 N–H and O–H groups in total. The lowest BCUT2D eigenvalue weighted by Crippen LogP contribution is -2.41. The fourth-order valence-corrected chi connectivity index (χ4v) is 1.35. The van der Waals surface area contributed by atoms with Gasteiger partial charge in [0.2, 0.25) is 5.91 Å². The molecular weight excluding hydrogens is 192 g/mol. The van der Waals surface area contributed by atoms with Crippen molar-refractivity contribution in [2.24, 2.45) is 5.73 Å². The zero-order valence-electron chi connectivity index (χ0n) is 9.16. The molecular formula is C10H18N4O. The van der Waals surface area contributed by atoms with E-state index in [-0.39, 0.29) is 11.9 Å². The second kappa shape index (κ2) is 5.50. The van der Waals surface area contributed by atoms with E-state index in [2.05, 4.69) is 15.3 Å². The summed E-state index contributed by atoms with van der Waals surface area (Å²) in [7, 11) is 0. The van der Waals surface area contributed by atoms with Crippen molar-refractivity contribution in [2.75, 3.05) is 0 Å². The molecule has 0 aliphatic heterocycles. The molecule has 1 aromatic heterocycles. The molecule has 2 atom stereocenters. The first-order valence-electron chi connectivity index (χ1n) is 5.20. The average molecular weight is 210 g/mol. The Balaban J connectivity index is 2.44. The third-order valence-electron chi connectivity index (χ3n) is 2.22. The van der Waals surface area contributed by atoms with E-state index >= 15 is 0 Å². The lowest BCUT2D eigenvalue weighted by atomic mass is 10.1. The molecule has 84 valence electrons. The smallest absolute Gasteiger partial charge is 0.237 e. The van der Waals surface area contributed by atoms with E-state index in [1.807, 2.05) is 13.8 Å². The first kappa shape index (κ1) is 11.7. The number of aromatic amines is 1. The summed E-state index contributed by atoms with van der Waals surface area (Å²) in [5, 5.41) is 2.81. The van der Waals surface area contributed by atoms with Crippen molar-refractivity contribution in [1.29, 1.82) is 0 Å². The summed E-state index contributed by atoms with van der Waals surface area (Å²) in [4.78, 5) is 18.6. The van der Waals surface area contributed by atoms with Crippen LogP contribution < -0.4 is 11.1 Å². The summed E-state index contributed by atoms with van der Waals surface area (Å²) in [6.07, 6.45) is 4.99. The molecule has 1 amide bonds. The molecule has 5 heteroatoms. The highest BCUT2D eigenvalue weighted by molar-refractivity contribution is 5.81. The van der Waals surface area contributed by atoms with Crippen LogP contribution in [0.5, 0.6) is 0 Å². The van der Waals surface area contributed by atoms with E-state index in [0.29, 0.717) is 6.42 Å². The number of nitrogens with two attached hydrogens (primary N) is 1. The van der Waals surface area contributed by atoms with Crippen molar-refractivity contribution in [3.05, 3.63) is 18.2 Å². The van der Waals surface area contributed by atoms with Crippen LogP contribution >= 0.6 is 0 Å². The Morgan fingerprint density at radius 1 is 1.73 bits per heavy atom. The third kappa shape index (κ3) is 3.36. The second-order valence-corrected chi connectivity index (χ2v) is 3.60. The normalized spacial score (nSPS) is 14.6. The van der Waals surface area contributed by atoms with Crippen LogP contribution in [0.25, 0.3) is 0 Å². The predicted molar refractivity (Wildman–Crippen MR) is 58.0 cm³/mol. The van der Waals surface area contributed by atoms with Crippen LogP contribution in [0.1, 0.15) is 38.6 Å². The topological polar surface area (TPSA) is 83.8 Å². The number of carbonyl (C=O) groups excluding carboxylic acids is 1. The molecule has 1 rings (SSSR count). The molecule has 1 aromatic rings. The minimum atomic E-state index is -0.424. The van der Waals surface area contributed by atoms with Crippen molar-refractivity contribution in [3.63, 3.8) is 0 Å². The molecule has 0 radical (unpaired) electrons. The maximum absolute atomic E-state index is 11.6. The SMILES string of the molecule is CCCC(N)C(=O)NC(C)c1ncc[nH]1. The highest BCUT2D eigenvalue weighted by atomic mass is 16.2. The van der Waals surface area contributed by atoms with Gasteiger partial charge in [0.1, 0.15) is 5.82 Å². The van der Waals surface area contributed by atoms with Crippen molar-refractivity contribution < 1.29 is 4.79 Å². The number of H-pyrrole nitrogens is 1. The number of nitrogens with zero attached hydrogens (tertiary/aromatic N) is 1. The van der Waals surface area contributed by atoms with Gasteiger partial charge in [-0.3, -0.25) is 4.79 Å². The Morgan fingerprint density at radius 3 is 3.00 bits per heavy atom. The zero-order valence-corrected chi connectivity index (χ0v) is 9.16. The predicted octanol–water partition coefficient (Wildman–Crippen LogP) is 0.714. The molecule has 0 saturated heterocycles. The summed E-state index contributed by atoms with van der Waals surface area (Å²) >= 11 is 0. The number of aromatic nitrogens is 2. The molecule has 0 aliphatic carbocycles. The van der Waals surface area contributed by atoms with Crippen LogP contribution in [0.4, 0.5) is 0 Å². The lowest BCUT2D eigenvalue weighted by molar-refractivity contribution is -0.123. The quantitative estimate of drug-likeness (QED) is 0.669. The van der Waals surface area contributed by atoms with E-state index < -0.39 is 6.04 Å². The molecule has 1 heterocycles. The van der Waals surface area contributed by atoms with Crippen LogP contribution in [0.3, 0.4) is 0 Å². The Morgan fingerprint density at radius 2 is 2.47 bits per heavy atom. The molecule has 0 aromatic carbocycles. The Bertz CT molecular complexity index is 296. The number of hydrogen-bond acceptors (Lipinski definition) is 3. The fourth-order valence-electron chi connectivity index (χ4n) is 1.35. The number of imidazole rings is 1. The van der Waals surface area contributed by atoms with Gasteiger partial charge >= 0.3 is 0 Å². The van der Waals surface area contributed by atoms with E-state index in [4.69, 9.17) is 5.73 Å². The molecule has 0 aliphatic rings.